The quantitative estimate of drug-likeness (QED) is 0.804. The molecule has 3 unspecified atom stereocenters. The Bertz CT molecular complexity index is 273. The summed E-state index contributed by atoms with van der Waals surface area (Å²) in [6.07, 6.45) is -0.108. The first-order chi connectivity index (χ1) is 7.84. The number of hydrogen-bond acceptors (Lipinski definition) is 3. The van der Waals surface area contributed by atoms with E-state index in [1.165, 1.54) is 0 Å². The molecule has 0 aliphatic heterocycles. The molecule has 0 amide bonds. The summed E-state index contributed by atoms with van der Waals surface area (Å²) in [6.45, 7) is -0.537. The molecule has 1 aliphatic rings. The van der Waals surface area contributed by atoms with Gasteiger partial charge >= 0.3 is 12.1 Å². The SMILES string of the molecule is CSC1CCC(NCC(C(=O)O)C(F)(F)F)C1. The summed E-state index contributed by atoms with van der Waals surface area (Å²) in [5, 5.41) is 11.7. The highest BCUT2D eigenvalue weighted by molar-refractivity contribution is 7.99. The van der Waals surface area contributed by atoms with Gasteiger partial charge in [0.25, 0.3) is 0 Å². The van der Waals surface area contributed by atoms with E-state index in [-0.39, 0.29) is 6.04 Å². The molecule has 0 bridgehead atoms. The van der Waals surface area contributed by atoms with Crippen LogP contribution in [0, 0.1) is 5.92 Å². The monoisotopic (exact) mass is 271 g/mol. The van der Waals surface area contributed by atoms with Crippen LogP contribution in [0.3, 0.4) is 0 Å². The van der Waals surface area contributed by atoms with Gasteiger partial charge in [-0.25, -0.2) is 0 Å². The standard InChI is InChI=1S/C10H16F3NO2S/c1-17-7-3-2-6(4-7)14-5-8(9(15)16)10(11,12)13/h6-8,14H,2-5H2,1H3,(H,15,16). The van der Waals surface area contributed by atoms with Gasteiger partial charge in [-0.2, -0.15) is 24.9 Å². The van der Waals surface area contributed by atoms with Crippen LogP contribution < -0.4 is 5.32 Å². The van der Waals surface area contributed by atoms with Crippen LogP contribution in [0.2, 0.25) is 0 Å². The second-order valence-corrected chi connectivity index (χ2v) is 5.35. The fourth-order valence-electron chi connectivity index (χ4n) is 1.97. The third kappa shape index (κ3) is 4.39. The molecule has 0 radical (unpaired) electrons. The molecule has 2 N–H and O–H groups in total. The van der Waals surface area contributed by atoms with Gasteiger partial charge in [-0.3, -0.25) is 4.79 Å². The van der Waals surface area contributed by atoms with Crippen LogP contribution in [0.4, 0.5) is 13.2 Å². The Hall–Kier alpha value is -0.430. The minimum Gasteiger partial charge on any atom is -0.481 e. The molecule has 0 aromatic heterocycles. The number of hydrogen-bond donors (Lipinski definition) is 2. The summed E-state index contributed by atoms with van der Waals surface area (Å²) in [5.74, 6) is -4.12. The Labute approximate surface area is 102 Å². The average Bonchev–Trinajstić information content (AvgIpc) is 2.63. The smallest absolute Gasteiger partial charge is 0.403 e. The van der Waals surface area contributed by atoms with Crippen molar-refractivity contribution in [3.63, 3.8) is 0 Å². The first kappa shape index (κ1) is 14.6. The maximum atomic E-state index is 12.4. The van der Waals surface area contributed by atoms with Crippen LogP contribution in [0.1, 0.15) is 19.3 Å². The van der Waals surface area contributed by atoms with Crippen molar-refractivity contribution >= 4 is 17.7 Å². The number of alkyl halides is 3. The van der Waals surface area contributed by atoms with E-state index >= 15 is 0 Å². The summed E-state index contributed by atoms with van der Waals surface area (Å²) in [7, 11) is 0. The summed E-state index contributed by atoms with van der Waals surface area (Å²) < 4.78 is 37.1. The molecule has 7 heteroatoms. The third-order valence-electron chi connectivity index (χ3n) is 3.02. The predicted molar refractivity (Wildman–Crippen MR) is 60.1 cm³/mol. The lowest BCUT2D eigenvalue weighted by molar-refractivity contribution is -0.192. The number of carboxylic acid groups (broad SMARTS) is 1. The largest absolute Gasteiger partial charge is 0.481 e. The van der Waals surface area contributed by atoms with Crippen LogP contribution in [-0.4, -0.2) is 41.3 Å². The molecule has 17 heavy (non-hydrogen) atoms. The normalized spacial score (nSPS) is 27.1. The Morgan fingerprint density at radius 3 is 2.59 bits per heavy atom. The number of halogens is 3. The molecule has 0 heterocycles. The molecule has 0 aromatic rings. The minimum atomic E-state index is -4.68. The fraction of sp³-hybridized carbons (Fsp3) is 0.900. The Kier molecular flexibility index (Phi) is 5.12. The van der Waals surface area contributed by atoms with E-state index in [0.717, 1.165) is 19.3 Å². The van der Waals surface area contributed by atoms with Gasteiger partial charge in [0.05, 0.1) is 0 Å². The zero-order chi connectivity index (χ0) is 13.1. The minimum absolute atomic E-state index is 0.0108. The number of aliphatic carboxylic acids is 1. The molecule has 1 fully saturated rings. The maximum Gasteiger partial charge on any atom is 0.403 e. The Morgan fingerprint density at radius 1 is 1.53 bits per heavy atom. The van der Waals surface area contributed by atoms with Crippen molar-refractivity contribution in [1.82, 2.24) is 5.32 Å². The van der Waals surface area contributed by atoms with Gasteiger partial charge < -0.3 is 10.4 Å². The van der Waals surface area contributed by atoms with Crippen molar-refractivity contribution in [3.8, 4) is 0 Å². The van der Waals surface area contributed by atoms with Gasteiger partial charge in [-0.05, 0) is 25.5 Å². The molecule has 0 saturated heterocycles. The van der Waals surface area contributed by atoms with Crippen molar-refractivity contribution in [2.45, 2.75) is 36.7 Å². The lowest BCUT2D eigenvalue weighted by Gasteiger charge is -2.19. The van der Waals surface area contributed by atoms with Gasteiger partial charge in [0.1, 0.15) is 0 Å². The Balaban J connectivity index is 2.41. The van der Waals surface area contributed by atoms with Crippen molar-refractivity contribution < 1.29 is 23.1 Å². The zero-order valence-electron chi connectivity index (χ0n) is 9.46. The highest BCUT2D eigenvalue weighted by Crippen LogP contribution is 2.30. The molecule has 1 aliphatic carbocycles. The van der Waals surface area contributed by atoms with Crippen molar-refractivity contribution in [3.05, 3.63) is 0 Å². The highest BCUT2D eigenvalue weighted by Gasteiger charge is 2.45. The molecule has 3 nitrogen and oxygen atoms in total. The van der Waals surface area contributed by atoms with Gasteiger partial charge in [0.2, 0.25) is 0 Å². The highest BCUT2D eigenvalue weighted by atomic mass is 32.2. The molecular weight excluding hydrogens is 255 g/mol. The first-order valence-electron chi connectivity index (χ1n) is 5.40. The summed E-state index contributed by atoms with van der Waals surface area (Å²) in [4.78, 5) is 10.5. The van der Waals surface area contributed by atoms with Crippen LogP contribution in [0.5, 0.6) is 0 Å². The molecule has 1 rings (SSSR count). The summed E-state index contributed by atoms with van der Waals surface area (Å²) in [6, 6.07) is 0.0108. The number of carbonyl (C=O) groups is 1. The second-order valence-electron chi connectivity index (χ2n) is 4.21. The van der Waals surface area contributed by atoms with Crippen LogP contribution in [0.15, 0.2) is 0 Å². The van der Waals surface area contributed by atoms with E-state index in [0.29, 0.717) is 5.25 Å². The van der Waals surface area contributed by atoms with Gasteiger partial charge in [0, 0.05) is 17.8 Å². The molecular formula is C10H16F3NO2S. The van der Waals surface area contributed by atoms with E-state index in [9.17, 15) is 18.0 Å². The van der Waals surface area contributed by atoms with E-state index in [4.69, 9.17) is 5.11 Å². The third-order valence-corrected chi connectivity index (χ3v) is 4.12. The molecule has 0 aromatic carbocycles. The number of rotatable bonds is 5. The topological polar surface area (TPSA) is 49.3 Å². The molecule has 1 saturated carbocycles. The van der Waals surface area contributed by atoms with E-state index < -0.39 is 24.6 Å². The van der Waals surface area contributed by atoms with E-state index in [2.05, 4.69) is 5.32 Å². The van der Waals surface area contributed by atoms with Gasteiger partial charge in [0.15, 0.2) is 5.92 Å². The zero-order valence-corrected chi connectivity index (χ0v) is 10.3. The van der Waals surface area contributed by atoms with E-state index in [1.54, 1.807) is 11.8 Å². The Morgan fingerprint density at radius 2 is 2.18 bits per heavy atom. The fourth-order valence-corrected chi connectivity index (χ4v) is 2.76. The van der Waals surface area contributed by atoms with Crippen LogP contribution >= 0.6 is 11.8 Å². The van der Waals surface area contributed by atoms with Crippen molar-refractivity contribution in [1.29, 1.82) is 0 Å². The van der Waals surface area contributed by atoms with Crippen molar-refractivity contribution in [2.75, 3.05) is 12.8 Å². The molecule has 100 valence electrons. The summed E-state index contributed by atoms with van der Waals surface area (Å²) in [5.41, 5.74) is 0. The van der Waals surface area contributed by atoms with E-state index in [1.807, 2.05) is 6.26 Å². The van der Waals surface area contributed by atoms with Gasteiger partial charge in [-0.1, -0.05) is 0 Å². The second kappa shape index (κ2) is 5.95. The number of thioether (sulfide) groups is 1. The average molecular weight is 271 g/mol. The number of nitrogens with one attached hydrogen (secondary N) is 1. The van der Waals surface area contributed by atoms with Gasteiger partial charge in [-0.15, -0.1) is 0 Å². The molecule has 0 spiro atoms. The maximum absolute atomic E-state index is 12.4. The van der Waals surface area contributed by atoms with Crippen LogP contribution in [0.25, 0.3) is 0 Å². The summed E-state index contributed by atoms with van der Waals surface area (Å²) >= 11 is 1.70. The molecule has 3 atom stereocenters. The number of carboxylic acids is 1. The predicted octanol–water partition coefficient (Wildman–Crippen LogP) is 2.12. The lowest BCUT2D eigenvalue weighted by atomic mass is 10.1. The first-order valence-corrected chi connectivity index (χ1v) is 6.69. The van der Waals surface area contributed by atoms with Crippen LogP contribution in [-0.2, 0) is 4.79 Å². The lowest BCUT2D eigenvalue weighted by Crippen LogP contribution is -2.42. The van der Waals surface area contributed by atoms with Crippen molar-refractivity contribution in [2.24, 2.45) is 5.92 Å².